The van der Waals surface area contributed by atoms with Gasteiger partial charge in [-0.05, 0) is 112 Å². The number of rotatable bonds is 9. The van der Waals surface area contributed by atoms with Gasteiger partial charge in [0.05, 0.1) is 20.1 Å². The zero-order valence-corrected chi connectivity index (χ0v) is 23.0. The summed E-state index contributed by atoms with van der Waals surface area (Å²) >= 11 is 0. The molecular weight excluding hydrogens is 478 g/mol. The van der Waals surface area contributed by atoms with Crippen LogP contribution >= 0.6 is 0 Å². The largest absolute Gasteiger partial charge is 0.493 e. The highest BCUT2D eigenvalue weighted by Gasteiger charge is 2.27. The lowest BCUT2D eigenvalue weighted by Crippen LogP contribution is -2.40. The zero-order chi connectivity index (χ0) is 27.1. The van der Waals surface area contributed by atoms with E-state index in [0.717, 1.165) is 30.2 Å². The number of ether oxygens (including phenoxy) is 2. The minimum absolute atomic E-state index is 0.0665. The molecule has 4 N–H and O–H groups in total. The molecule has 2 aliphatic rings. The molecule has 2 fully saturated rings. The number of carbonyl (C=O) groups excluding carboxylic acids is 2. The topological polar surface area (TPSA) is 103 Å². The van der Waals surface area contributed by atoms with E-state index in [9.17, 15) is 9.59 Å². The van der Waals surface area contributed by atoms with Crippen LogP contribution < -0.4 is 25.8 Å². The van der Waals surface area contributed by atoms with Crippen LogP contribution in [0.15, 0.2) is 42.5 Å². The first-order valence-electron chi connectivity index (χ1n) is 14.1. The van der Waals surface area contributed by atoms with Crippen LogP contribution in [0.25, 0.3) is 0 Å². The van der Waals surface area contributed by atoms with E-state index in [-0.39, 0.29) is 23.8 Å². The zero-order valence-electron chi connectivity index (χ0n) is 23.0. The standard InChI is InChI=1S/C31H43N3O4/c1-20(30(35)33-26-13-6-22(7-14-26)18-21-4-11-25(32)12-5-21)23-8-15-27(16-9-23)34-31(36)24-10-17-28(37-2)29(19-24)38-3/h8-10,15-17,19-22,25-26H,4-7,11-14,18,32H2,1-3H3,(H,33,35)(H,34,36). The fourth-order valence-corrected chi connectivity index (χ4v) is 5.95. The van der Waals surface area contributed by atoms with Crippen molar-refractivity contribution >= 4 is 17.5 Å². The lowest BCUT2D eigenvalue weighted by molar-refractivity contribution is -0.123. The normalized spacial score (nSPS) is 24.2. The van der Waals surface area contributed by atoms with Crippen LogP contribution in [-0.4, -0.2) is 38.1 Å². The second-order valence-electron chi connectivity index (χ2n) is 11.1. The van der Waals surface area contributed by atoms with E-state index < -0.39 is 0 Å². The Hall–Kier alpha value is -3.06. The predicted octanol–water partition coefficient (Wildman–Crippen LogP) is 5.64. The SMILES string of the molecule is COc1ccc(C(=O)Nc2ccc(C(C)C(=O)NC3CCC(CC4CCC(N)CC4)CC3)cc2)cc1OC. The molecule has 206 valence electrons. The number of hydrogen-bond donors (Lipinski definition) is 3. The molecule has 2 aliphatic carbocycles. The van der Waals surface area contributed by atoms with E-state index in [0.29, 0.717) is 28.8 Å². The fraction of sp³-hybridized carbons (Fsp3) is 0.548. The van der Waals surface area contributed by atoms with Crippen molar-refractivity contribution in [3.8, 4) is 11.5 Å². The van der Waals surface area contributed by atoms with Crippen molar-refractivity contribution in [3.05, 3.63) is 53.6 Å². The lowest BCUT2D eigenvalue weighted by atomic mass is 9.76. The molecule has 2 saturated carbocycles. The van der Waals surface area contributed by atoms with Crippen molar-refractivity contribution in [2.75, 3.05) is 19.5 Å². The van der Waals surface area contributed by atoms with Crippen LogP contribution in [0.4, 0.5) is 5.69 Å². The molecule has 2 aromatic carbocycles. The predicted molar refractivity (Wildman–Crippen MR) is 151 cm³/mol. The highest BCUT2D eigenvalue weighted by Crippen LogP contribution is 2.35. The number of amides is 2. The van der Waals surface area contributed by atoms with Crippen LogP contribution in [0.3, 0.4) is 0 Å². The molecule has 4 rings (SSSR count). The Bertz CT molecular complexity index is 1070. The molecule has 38 heavy (non-hydrogen) atoms. The van der Waals surface area contributed by atoms with E-state index in [1.54, 1.807) is 25.3 Å². The van der Waals surface area contributed by atoms with Gasteiger partial charge in [-0.3, -0.25) is 9.59 Å². The maximum atomic E-state index is 13.0. The van der Waals surface area contributed by atoms with Crippen LogP contribution in [0.2, 0.25) is 0 Å². The summed E-state index contributed by atoms with van der Waals surface area (Å²) in [5.74, 6) is 2.27. The van der Waals surface area contributed by atoms with Crippen molar-refractivity contribution in [1.82, 2.24) is 5.32 Å². The fourth-order valence-electron chi connectivity index (χ4n) is 5.95. The summed E-state index contributed by atoms with van der Waals surface area (Å²) < 4.78 is 10.5. The van der Waals surface area contributed by atoms with Gasteiger partial charge in [0.2, 0.25) is 5.91 Å². The molecule has 1 unspecified atom stereocenters. The van der Waals surface area contributed by atoms with Gasteiger partial charge in [-0.15, -0.1) is 0 Å². The van der Waals surface area contributed by atoms with Gasteiger partial charge >= 0.3 is 0 Å². The number of anilines is 1. The monoisotopic (exact) mass is 521 g/mol. The van der Waals surface area contributed by atoms with Crippen LogP contribution in [0.5, 0.6) is 11.5 Å². The second kappa shape index (κ2) is 13.1. The van der Waals surface area contributed by atoms with E-state index in [1.807, 2.05) is 31.2 Å². The third-order valence-corrected chi connectivity index (χ3v) is 8.46. The molecule has 0 aromatic heterocycles. The van der Waals surface area contributed by atoms with Crippen molar-refractivity contribution in [2.45, 2.75) is 82.7 Å². The van der Waals surface area contributed by atoms with Gasteiger partial charge in [-0.2, -0.15) is 0 Å². The van der Waals surface area contributed by atoms with E-state index in [1.165, 1.54) is 52.1 Å². The highest BCUT2D eigenvalue weighted by atomic mass is 16.5. The average Bonchev–Trinajstić information content (AvgIpc) is 2.94. The number of hydrogen-bond acceptors (Lipinski definition) is 5. The summed E-state index contributed by atoms with van der Waals surface area (Å²) in [6.07, 6.45) is 10.8. The van der Waals surface area contributed by atoms with Crippen LogP contribution in [0.1, 0.15) is 86.6 Å². The van der Waals surface area contributed by atoms with Crippen LogP contribution in [-0.2, 0) is 4.79 Å². The number of nitrogens with two attached hydrogens (primary N) is 1. The van der Waals surface area contributed by atoms with Crippen molar-refractivity contribution < 1.29 is 19.1 Å². The Morgan fingerprint density at radius 2 is 1.47 bits per heavy atom. The summed E-state index contributed by atoms with van der Waals surface area (Å²) in [6, 6.07) is 13.2. The van der Waals surface area contributed by atoms with Gasteiger partial charge in [-0.1, -0.05) is 12.1 Å². The third kappa shape index (κ3) is 7.28. The van der Waals surface area contributed by atoms with Gasteiger partial charge in [0.1, 0.15) is 0 Å². The van der Waals surface area contributed by atoms with Gasteiger partial charge in [0, 0.05) is 23.3 Å². The summed E-state index contributed by atoms with van der Waals surface area (Å²) in [4.78, 5) is 25.7. The molecule has 7 heteroatoms. The highest BCUT2D eigenvalue weighted by molar-refractivity contribution is 6.04. The smallest absolute Gasteiger partial charge is 0.255 e. The first-order valence-corrected chi connectivity index (χ1v) is 14.1. The van der Waals surface area contributed by atoms with Gasteiger partial charge in [0.15, 0.2) is 11.5 Å². The first kappa shape index (κ1) is 28.0. The summed E-state index contributed by atoms with van der Waals surface area (Å²) in [7, 11) is 3.09. The average molecular weight is 522 g/mol. The van der Waals surface area contributed by atoms with Gasteiger partial charge < -0.3 is 25.8 Å². The van der Waals surface area contributed by atoms with Crippen LogP contribution in [0, 0.1) is 11.8 Å². The van der Waals surface area contributed by atoms with E-state index in [2.05, 4.69) is 10.6 Å². The Morgan fingerprint density at radius 3 is 2.08 bits per heavy atom. The molecule has 0 aliphatic heterocycles. The Balaban J connectivity index is 1.23. The molecule has 0 bridgehead atoms. The minimum atomic E-state index is -0.255. The molecule has 0 spiro atoms. The molecular formula is C31H43N3O4. The molecule has 0 heterocycles. The Labute approximate surface area is 226 Å². The number of nitrogens with one attached hydrogen (secondary N) is 2. The number of methoxy groups -OCH3 is 2. The molecule has 0 saturated heterocycles. The first-order chi connectivity index (χ1) is 18.4. The van der Waals surface area contributed by atoms with Crippen molar-refractivity contribution in [3.63, 3.8) is 0 Å². The quantitative estimate of drug-likeness (QED) is 0.396. The number of benzene rings is 2. The maximum absolute atomic E-state index is 13.0. The van der Waals surface area contributed by atoms with Gasteiger partial charge in [0.25, 0.3) is 5.91 Å². The molecule has 0 radical (unpaired) electrons. The molecule has 2 aromatic rings. The second-order valence-corrected chi connectivity index (χ2v) is 11.1. The summed E-state index contributed by atoms with van der Waals surface area (Å²) in [5.41, 5.74) is 8.12. The Morgan fingerprint density at radius 1 is 0.868 bits per heavy atom. The van der Waals surface area contributed by atoms with Gasteiger partial charge in [-0.25, -0.2) is 0 Å². The van der Waals surface area contributed by atoms with Crippen molar-refractivity contribution in [2.24, 2.45) is 17.6 Å². The molecule has 1 atom stereocenters. The lowest BCUT2D eigenvalue weighted by Gasteiger charge is -2.34. The summed E-state index contributed by atoms with van der Waals surface area (Å²) in [5, 5.41) is 6.19. The number of carbonyl (C=O) groups is 2. The molecule has 2 amide bonds. The van der Waals surface area contributed by atoms with Crippen molar-refractivity contribution in [1.29, 1.82) is 0 Å². The molecule has 7 nitrogen and oxygen atoms in total. The maximum Gasteiger partial charge on any atom is 0.255 e. The minimum Gasteiger partial charge on any atom is -0.493 e. The third-order valence-electron chi connectivity index (χ3n) is 8.46. The summed E-state index contributed by atoms with van der Waals surface area (Å²) in [6.45, 7) is 1.94. The van der Waals surface area contributed by atoms with E-state index in [4.69, 9.17) is 15.2 Å². The van der Waals surface area contributed by atoms with E-state index >= 15 is 0 Å². The Kier molecular flexibility index (Phi) is 9.67.